The Balaban J connectivity index is 1.57. The summed E-state index contributed by atoms with van der Waals surface area (Å²) in [6.45, 7) is 6.27. The van der Waals surface area contributed by atoms with E-state index < -0.39 is 0 Å². The summed E-state index contributed by atoms with van der Waals surface area (Å²) in [5.41, 5.74) is 8.09. The number of aromatic nitrogens is 3. The highest BCUT2D eigenvalue weighted by molar-refractivity contribution is 5.94. The smallest absolute Gasteiger partial charge is 0.171 e. The third-order valence-corrected chi connectivity index (χ3v) is 6.02. The molecule has 2 aromatic heterocycles. The number of nitrogens with zero attached hydrogens (tertiary/aromatic N) is 3. The molecule has 5 nitrogen and oxygen atoms in total. The number of aryl methyl sites for hydroxylation is 2. The maximum atomic E-state index is 5.89. The predicted molar refractivity (Wildman–Crippen MR) is 127 cm³/mol. The first-order valence-corrected chi connectivity index (χ1v) is 10.7. The normalized spacial score (nSPS) is 12.2. The first kappa shape index (κ1) is 20.1. The van der Waals surface area contributed by atoms with Gasteiger partial charge in [-0.05, 0) is 37.6 Å². The molecule has 5 rings (SSSR count). The maximum Gasteiger partial charge on any atom is 0.171 e. The molecule has 0 saturated heterocycles. The number of ether oxygens (including phenoxy) is 1. The van der Waals surface area contributed by atoms with Crippen molar-refractivity contribution in [1.29, 1.82) is 0 Å². The van der Waals surface area contributed by atoms with E-state index in [1.807, 2.05) is 35.9 Å². The van der Waals surface area contributed by atoms with E-state index in [2.05, 4.69) is 66.5 Å². The second kappa shape index (κ2) is 8.00. The lowest BCUT2D eigenvalue weighted by Crippen LogP contribution is -1.97. The van der Waals surface area contributed by atoms with Gasteiger partial charge in [0.1, 0.15) is 11.4 Å². The van der Waals surface area contributed by atoms with Crippen LogP contribution in [0.5, 0.6) is 5.75 Å². The van der Waals surface area contributed by atoms with Crippen LogP contribution in [-0.4, -0.2) is 21.8 Å². The van der Waals surface area contributed by atoms with Gasteiger partial charge in [-0.15, -0.1) is 0 Å². The standard InChI is InChI=1S/C27H25N3O2/c1-17-8-10-20(11-9-17)19(3)22-6-5-7-23-26(29-32-27(22)23)21-12-13-24(25(14-21)31-4)30-15-18(2)28-16-30/h5-16,19H,1-4H3. The van der Waals surface area contributed by atoms with Crippen molar-refractivity contribution in [3.05, 3.63) is 95.6 Å². The van der Waals surface area contributed by atoms with Crippen molar-refractivity contribution < 1.29 is 9.26 Å². The average molecular weight is 424 g/mol. The highest BCUT2D eigenvalue weighted by Gasteiger charge is 2.19. The minimum Gasteiger partial charge on any atom is -0.495 e. The molecular formula is C27H25N3O2. The molecule has 5 heteroatoms. The Morgan fingerprint density at radius 3 is 2.53 bits per heavy atom. The molecule has 0 spiro atoms. The second-order valence-electron chi connectivity index (χ2n) is 8.20. The fraction of sp³-hybridized carbons (Fsp3) is 0.185. The zero-order valence-corrected chi connectivity index (χ0v) is 18.7. The molecule has 0 N–H and O–H groups in total. The van der Waals surface area contributed by atoms with Gasteiger partial charge < -0.3 is 13.8 Å². The molecule has 0 aliphatic carbocycles. The molecule has 0 amide bonds. The Hall–Kier alpha value is -3.86. The zero-order valence-electron chi connectivity index (χ0n) is 18.7. The first-order valence-electron chi connectivity index (χ1n) is 10.7. The molecule has 0 aliphatic rings. The number of hydrogen-bond donors (Lipinski definition) is 0. The lowest BCUT2D eigenvalue weighted by molar-refractivity contribution is 0.413. The summed E-state index contributed by atoms with van der Waals surface area (Å²) in [5.74, 6) is 0.946. The van der Waals surface area contributed by atoms with Crippen LogP contribution in [0, 0.1) is 13.8 Å². The summed E-state index contributed by atoms with van der Waals surface area (Å²) in [6.07, 6.45) is 3.76. The summed E-state index contributed by atoms with van der Waals surface area (Å²) in [7, 11) is 1.68. The highest BCUT2D eigenvalue weighted by atomic mass is 16.5. The number of para-hydroxylation sites is 1. The Kier molecular flexibility index (Phi) is 5.02. The van der Waals surface area contributed by atoms with Gasteiger partial charge in [0.05, 0.1) is 30.2 Å². The molecule has 160 valence electrons. The Morgan fingerprint density at radius 2 is 1.81 bits per heavy atom. The molecule has 1 atom stereocenters. The van der Waals surface area contributed by atoms with Crippen molar-refractivity contribution in [1.82, 2.24) is 14.7 Å². The van der Waals surface area contributed by atoms with Gasteiger partial charge in [0.25, 0.3) is 0 Å². The number of hydrogen-bond acceptors (Lipinski definition) is 4. The average Bonchev–Trinajstić information content (AvgIpc) is 3.45. The van der Waals surface area contributed by atoms with Crippen molar-refractivity contribution in [2.75, 3.05) is 7.11 Å². The third-order valence-electron chi connectivity index (χ3n) is 6.02. The van der Waals surface area contributed by atoms with Crippen LogP contribution in [0.15, 0.2) is 77.7 Å². The molecule has 0 bridgehead atoms. The van der Waals surface area contributed by atoms with Gasteiger partial charge in [0, 0.05) is 23.2 Å². The van der Waals surface area contributed by atoms with Gasteiger partial charge in [-0.3, -0.25) is 0 Å². The van der Waals surface area contributed by atoms with E-state index in [0.29, 0.717) is 0 Å². The van der Waals surface area contributed by atoms with Crippen molar-refractivity contribution in [2.24, 2.45) is 0 Å². The lowest BCUT2D eigenvalue weighted by atomic mass is 9.91. The monoisotopic (exact) mass is 423 g/mol. The molecule has 32 heavy (non-hydrogen) atoms. The molecule has 5 aromatic rings. The van der Waals surface area contributed by atoms with Crippen LogP contribution in [0.25, 0.3) is 27.9 Å². The summed E-state index contributed by atoms with van der Waals surface area (Å²) in [5, 5.41) is 5.44. The van der Waals surface area contributed by atoms with E-state index >= 15 is 0 Å². The van der Waals surface area contributed by atoms with Crippen molar-refractivity contribution in [2.45, 2.75) is 26.7 Å². The van der Waals surface area contributed by atoms with Crippen LogP contribution in [0.1, 0.15) is 35.2 Å². The number of methoxy groups -OCH3 is 1. The van der Waals surface area contributed by atoms with Gasteiger partial charge in [-0.2, -0.15) is 0 Å². The molecule has 1 unspecified atom stereocenters. The maximum absolute atomic E-state index is 5.89. The molecule has 0 saturated carbocycles. The van der Waals surface area contributed by atoms with Gasteiger partial charge in [-0.25, -0.2) is 4.98 Å². The van der Waals surface area contributed by atoms with Gasteiger partial charge in [-0.1, -0.05) is 60.1 Å². The van der Waals surface area contributed by atoms with Gasteiger partial charge in [0.15, 0.2) is 5.58 Å². The summed E-state index contributed by atoms with van der Waals surface area (Å²) < 4.78 is 13.5. The zero-order chi connectivity index (χ0) is 22.2. The number of benzene rings is 3. The van der Waals surface area contributed by atoms with Crippen molar-refractivity contribution >= 4 is 11.0 Å². The number of fused-ring (bicyclic) bond motifs is 1. The van der Waals surface area contributed by atoms with E-state index in [-0.39, 0.29) is 5.92 Å². The molecular weight excluding hydrogens is 398 g/mol. The third kappa shape index (κ3) is 3.46. The number of rotatable bonds is 5. The minimum atomic E-state index is 0.196. The van der Waals surface area contributed by atoms with E-state index in [1.54, 1.807) is 13.4 Å². The topological polar surface area (TPSA) is 53.1 Å². The largest absolute Gasteiger partial charge is 0.495 e. The molecule has 3 aromatic carbocycles. The van der Waals surface area contributed by atoms with E-state index in [0.717, 1.165) is 44.9 Å². The van der Waals surface area contributed by atoms with Crippen LogP contribution in [0.2, 0.25) is 0 Å². The predicted octanol–water partition coefficient (Wildman–Crippen LogP) is 6.46. The van der Waals surface area contributed by atoms with E-state index in [4.69, 9.17) is 9.26 Å². The summed E-state index contributed by atoms with van der Waals surface area (Å²) in [6, 6.07) is 21.0. The van der Waals surface area contributed by atoms with Crippen LogP contribution in [0.3, 0.4) is 0 Å². The molecule has 0 aliphatic heterocycles. The van der Waals surface area contributed by atoms with Crippen LogP contribution >= 0.6 is 0 Å². The quantitative estimate of drug-likeness (QED) is 0.326. The minimum absolute atomic E-state index is 0.196. The van der Waals surface area contributed by atoms with E-state index in [1.165, 1.54) is 11.1 Å². The number of imidazole rings is 1. The van der Waals surface area contributed by atoms with E-state index in [9.17, 15) is 0 Å². The van der Waals surface area contributed by atoms with Crippen LogP contribution in [0.4, 0.5) is 0 Å². The SMILES string of the molecule is COc1cc(-c2noc3c(C(C)c4ccc(C)cc4)cccc23)ccc1-n1cnc(C)c1. The molecule has 0 radical (unpaired) electrons. The Bertz CT molecular complexity index is 1400. The summed E-state index contributed by atoms with van der Waals surface area (Å²) >= 11 is 0. The van der Waals surface area contributed by atoms with Crippen LogP contribution < -0.4 is 4.74 Å². The first-order chi connectivity index (χ1) is 15.5. The highest BCUT2D eigenvalue weighted by Crippen LogP contribution is 2.37. The molecule has 2 heterocycles. The second-order valence-corrected chi connectivity index (χ2v) is 8.20. The van der Waals surface area contributed by atoms with Crippen LogP contribution in [-0.2, 0) is 0 Å². The fourth-order valence-corrected chi connectivity index (χ4v) is 4.16. The van der Waals surface area contributed by atoms with Gasteiger partial charge >= 0.3 is 0 Å². The summed E-state index contributed by atoms with van der Waals surface area (Å²) in [4.78, 5) is 4.32. The fourth-order valence-electron chi connectivity index (χ4n) is 4.16. The Labute approximate surface area is 187 Å². The van der Waals surface area contributed by atoms with Gasteiger partial charge in [0.2, 0.25) is 0 Å². The lowest BCUT2D eigenvalue weighted by Gasteiger charge is -2.13. The van der Waals surface area contributed by atoms with Crippen molar-refractivity contribution in [3.63, 3.8) is 0 Å². The van der Waals surface area contributed by atoms with Crippen molar-refractivity contribution in [3.8, 4) is 22.7 Å². The molecule has 0 fully saturated rings. The Morgan fingerprint density at radius 1 is 1.00 bits per heavy atom.